The summed E-state index contributed by atoms with van der Waals surface area (Å²) in [5.74, 6) is 0.175. The van der Waals surface area contributed by atoms with Gasteiger partial charge in [0.25, 0.3) is 0 Å². The van der Waals surface area contributed by atoms with E-state index in [9.17, 15) is 4.79 Å². The Hall–Kier alpha value is -0.0300. The molecule has 0 aromatic heterocycles. The summed E-state index contributed by atoms with van der Waals surface area (Å²) in [4.78, 5) is 14.1. The maximum absolute atomic E-state index is 12.0. The van der Waals surface area contributed by atoms with E-state index in [2.05, 4.69) is 50.4 Å². The standard InChI is InChI=1S/C14H29N3O.2ClH/c1-11(14(2,3)10-17(4)5)16-13(18)9-12-7-6-8-15-12;;/h11-12,15H,6-10H2,1-5H3,(H,16,18);2*1H. The van der Waals surface area contributed by atoms with Crippen LogP contribution in [0.25, 0.3) is 0 Å². The van der Waals surface area contributed by atoms with Crippen molar-refractivity contribution in [3.63, 3.8) is 0 Å². The first kappa shape index (κ1) is 22.3. The first-order valence-electron chi connectivity index (χ1n) is 6.99. The molecule has 1 saturated heterocycles. The van der Waals surface area contributed by atoms with Crippen molar-refractivity contribution >= 4 is 30.7 Å². The highest BCUT2D eigenvalue weighted by molar-refractivity contribution is 5.85. The number of carbonyl (C=O) groups excluding carboxylic acids is 1. The summed E-state index contributed by atoms with van der Waals surface area (Å²) in [5.41, 5.74) is 0.0856. The summed E-state index contributed by atoms with van der Waals surface area (Å²) < 4.78 is 0. The van der Waals surface area contributed by atoms with Crippen molar-refractivity contribution in [2.75, 3.05) is 27.2 Å². The summed E-state index contributed by atoms with van der Waals surface area (Å²) in [6.45, 7) is 8.52. The van der Waals surface area contributed by atoms with Crippen molar-refractivity contribution in [2.24, 2.45) is 5.41 Å². The molecule has 1 rings (SSSR count). The summed E-state index contributed by atoms with van der Waals surface area (Å²) in [6, 6.07) is 0.572. The van der Waals surface area contributed by atoms with Crippen LogP contribution in [0.15, 0.2) is 0 Å². The van der Waals surface area contributed by atoms with Gasteiger partial charge in [0.05, 0.1) is 0 Å². The van der Waals surface area contributed by atoms with E-state index < -0.39 is 0 Å². The minimum Gasteiger partial charge on any atom is -0.353 e. The van der Waals surface area contributed by atoms with Gasteiger partial charge in [-0.05, 0) is 45.8 Å². The lowest BCUT2D eigenvalue weighted by atomic mass is 9.85. The molecule has 0 aromatic carbocycles. The Kier molecular flexibility index (Phi) is 10.9. The van der Waals surface area contributed by atoms with Gasteiger partial charge in [0.2, 0.25) is 5.91 Å². The quantitative estimate of drug-likeness (QED) is 0.784. The topological polar surface area (TPSA) is 44.4 Å². The monoisotopic (exact) mass is 327 g/mol. The molecule has 0 aliphatic carbocycles. The van der Waals surface area contributed by atoms with Gasteiger partial charge in [-0.1, -0.05) is 13.8 Å². The largest absolute Gasteiger partial charge is 0.353 e. The van der Waals surface area contributed by atoms with Crippen molar-refractivity contribution in [3.05, 3.63) is 0 Å². The number of nitrogens with one attached hydrogen (secondary N) is 2. The third kappa shape index (κ3) is 7.67. The fourth-order valence-corrected chi connectivity index (χ4v) is 2.60. The molecular weight excluding hydrogens is 297 g/mol. The van der Waals surface area contributed by atoms with Gasteiger partial charge in [0.1, 0.15) is 0 Å². The maximum atomic E-state index is 12.0. The van der Waals surface area contributed by atoms with E-state index in [1.165, 1.54) is 6.42 Å². The third-order valence-electron chi connectivity index (χ3n) is 3.87. The summed E-state index contributed by atoms with van der Waals surface area (Å²) in [6.07, 6.45) is 2.94. The van der Waals surface area contributed by atoms with Gasteiger partial charge in [-0.3, -0.25) is 4.79 Å². The van der Waals surface area contributed by atoms with Crippen molar-refractivity contribution in [1.29, 1.82) is 0 Å². The molecule has 4 nitrogen and oxygen atoms in total. The molecule has 1 fully saturated rings. The Bertz CT molecular complexity index is 280. The normalized spacial score (nSPS) is 20.0. The zero-order valence-corrected chi connectivity index (χ0v) is 15.0. The Balaban J connectivity index is 0. The fraction of sp³-hybridized carbons (Fsp3) is 0.929. The number of hydrogen-bond donors (Lipinski definition) is 2. The van der Waals surface area contributed by atoms with Crippen LogP contribution in [0.2, 0.25) is 0 Å². The number of halogens is 2. The number of carbonyl (C=O) groups is 1. The third-order valence-corrected chi connectivity index (χ3v) is 3.87. The Morgan fingerprint density at radius 1 is 1.40 bits per heavy atom. The van der Waals surface area contributed by atoms with E-state index in [-0.39, 0.29) is 42.2 Å². The molecule has 122 valence electrons. The molecule has 0 radical (unpaired) electrons. The smallest absolute Gasteiger partial charge is 0.221 e. The highest BCUT2D eigenvalue weighted by Gasteiger charge is 2.28. The van der Waals surface area contributed by atoms with Crippen molar-refractivity contribution in [2.45, 2.75) is 52.1 Å². The minimum atomic E-state index is 0. The molecule has 1 heterocycles. The molecule has 0 bridgehead atoms. The zero-order chi connectivity index (χ0) is 13.8. The highest BCUT2D eigenvalue weighted by Crippen LogP contribution is 2.21. The predicted octanol–water partition coefficient (Wildman–Crippen LogP) is 2.06. The van der Waals surface area contributed by atoms with Gasteiger partial charge >= 0.3 is 0 Å². The lowest BCUT2D eigenvalue weighted by Gasteiger charge is -2.35. The van der Waals surface area contributed by atoms with Gasteiger partial charge in [0, 0.05) is 25.0 Å². The molecule has 0 saturated carbocycles. The molecule has 0 spiro atoms. The molecule has 0 aromatic rings. The molecular formula is C14H31Cl2N3O. The Labute approximate surface area is 136 Å². The molecule has 2 unspecified atom stereocenters. The first-order chi connectivity index (χ1) is 8.31. The minimum absolute atomic E-state index is 0. The fourth-order valence-electron chi connectivity index (χ4n) is 2.60. The van der Waals surface area contributed by atoms with Crippen LogP contribution in [0.5, 0.6) is 0 Å². The van der Waals surface area contributed by atoms with Crippen LogP contribution in [-0.4, -0.2) is 50.1 Å². The highest BCUT2D eigenvalue weighted by atomic mass is 35.5. The van der Waals surface area contributed by atoms with Gasteiger partial charge in [-0.15, -0.1) is 24.8 Å². The van der Waals surface area contributed by atoms with E-state index in [4.69, 9.17) is 0 Å². The molecule has 6 heteroatoms. The van der Waals surface area contributed by atoms with Crippen LogP contribution in [0.4, 0.5) is 0 Å². The average Bonchev–Trinajstić information content (AvgIpc) is 2.67. The van der Waals surface area contributed by atoms with Gasteiger partial charge in [-0.25, -0.2) is 0 Å². The predicted molar refractivity (Wildman–Crippen MR) is 90.1 cm³/mol. The van der Waals surface area contributed by atoms with Crippen LogP contribution in [0, 0.1) is 5.41 Å². The molecule has 2 N–H and O–H groups in total. The van der Waals surface area contributed by atoms with Crippen molar-refractivity contribution < 1.29 is 4.79 Å². The molecule has 1 amide bonds. The van der Waals surface area contributed by atoms with E-state index in [0.717, 1.165) is 19.5 Å². The summed E-state index contributed by atoms with van der Waals surface area (Å²) >= 11 is 0. The van der Waals surface area contributed by atoms with Crippen LogP contribution in [-0.2, 0) is 4.79 Å². The van der Waals surface area contributed by atoms with E-state index in [0.29, 0.717) is 12.5 Å². The second-order valence-corrected chi connectivity index (χ2v) is 6.51. The maximum Gasteiger partial charge on any atom is 0.221 e. The summed E-state index contributed by atoms with van der Waals surface area (Å²) in [5, 5.41) is 6.51. The molecule has 1 aliphatic rings. The Morgan fingerprint density at radius 3 is 2.45 bits per heavy atom. The SMILES string of the molecule is CC(NC(=O)CC1CCCN1)C(C)(C)CN(C)C.Cl.Cl. The zero-order valence-electron chi connectivity index (χ0n) is 13.4. The van der Waals surface area contributed by atoms with E-state index in [1.807, 2.05) is 0 Å². The Morgan fingerprint density at radius 2 is 2.00 bits per heavy atom. The number of amides is 1. The van der Waals surface area contributed by atoms with E-state index in [1.54, 1.807) is 0 Å². The number of nitrogens with zero attached hydrogens (tertiary/aromatic N) is 1. The number of hydrogen-bond acceptors (Lipinski definition) is 3. The van der Waals surface area contributed by atoms with Gasteiger partial charge in [0.15, 0.2) is 0 Å². The second kappa shape index (κ2) is 9.82. The number of rotatable bonds is 6. The molecule has 1 aliphatic heterocycles. The summed E-state index contributed by atoms with van der Waals surface area (Å²) in [7, 11) is 4.14. The van der Waals surface area contributed by atoms with Crippen LogP contribution in [0.1, 0.15) is 40.0 Å². The van der Waals surface area contributed by atoms with Crippen LogP contribution in [0.3, 0.4) is 0 Å². The van der Waals surface area contributed by atoms with Crippen molar-refractivity contribution in [1.82, 2.24) is 15.5 Å². The molecule has 20 heavy (non-hydrogen) atoms. The van der Waals surface area contributed by atoms with Crippen LogP contribution >= 0.6 is 24.8 Å². The lowest BCUT2D eigenvalue weighted by Crippen LogP contribution is -2.48. The lowest BCUT2D eigenvalue weighted by molar-refractivity contribution is -0.123. The molecule has 2 atom stereocenters. The van der Waals surface area contributed by atoms with Crippen molar-refractivity contribution in [3.8, 4) is 0 Å². The van der Waals surface area contributed by atoms with Gasteiger partial charge < -0.3 is 15.5 Å². The van der Waals surface area contributed by atoms with E-state index >= 15 is 0 Å². The average molecular weight is 328 g/mol. The second-order valence-electron chi connectivity index (χ2n) is 6.51. The van der Waals surface area contributed by atoms with Gasteiger partial charge in [-0.2, -0.15) is 0 Å². The first-order valence-corrected chi connectivity index (χ1v) is 6.99. The van der Waals surface area contributed by atoms with Crippen LogP contribution < -0.4 is 10.6 Å².